The SMILES string of the molecule is COC(=O)CCCCNC(=O)/C=C/c1c(C)nn(-c2ccccc2)c1C. The average Bonchev–Trinajstić information content (AvgIpc) is 2.94. The number of amides is 1. The lowest BCUT2D eigenvalue weighted by molar-refractivity contribution is -0.140. The van der Waals surface area contributed by atoms with Crippen LogP contribution in [0.3, 0.4) is 0 Å². The van der Waals surface area contributed by atoms with Crippen LogP contribution < -0.4 is 5.32 Å². The molecule has 0 spiro atoms. The molecule has 1 aromatic heterocycles. The number of nitrogens with one attached hydrogen (secondary N) is 1. The number of hydrogen-bond acceptors (Lipinski definition) is 4. The Bertz CT molecular complexity index is 779. The second kappa shape index (κ2) is 9.56. The number of rotatable bonds is 8. The van der Waals surface area contributed by atoms with E-state index in [4.69, 9.17) is 0 Å². The number of carbonyl (C=O) groups excluding carboxylic acids is 2. The maximum atomic E-state index is 12.0. The fourth-order valence-electron chi connectivity index (χ4n) is 2.64. The van der Waals surface area contributed by atoms with Crippen LogP contribution in [0.4, 0.5) is 0 Å². The maximum Gasteiger partial charge on any atom is 0.305 e. The number of unbranched alkanes of at least 4 members (excludes halogenated alkanes) is 1. The van der Waals surface area contributed by atoms with Crippen molar-refractivity contribution in [3.05, 3.63) is 53.4 Å². The Hall–Kier alpha value is -2.89. The lowest BCUT2D eigenvalue weighted by Gasteiger charge is -2.04. The predicted octanol–water partition coefficient (Wildman–Crippen LogP) is 2.96. The molecule has 6 nitrogen and oxygen atoms in total. The molecule has 2 aromatic rings. The fraction of sp³-hybridized carbons (Fsp3) is 0.350. The van der Waals surface area contributed by atoms with Crippen molar-refractivity contribution < 1.29 is 14.3 Å². The summed E-state index contributed by atoms with van der Waals surface area (Å²) < 4.78 is 6.45. The third-order valence-electron chi connectivity index (χ3n) is 4.08. The lowest BCUT2D eigenvalue weighted by atomic mass is 10.2. The van der Waals surface area contributed by atoms with E-state index in [1.54, 1.807) is 6.08 Å². The van der Waals surface area contributed by atoms with Gasteiger partial charge in [0, 0.05) is 30.3 Å². The molecule has 26 heavy (non-hydrogen) atoms. The fourth-order valence-corrected chi connectivity index (χ4v) is 2.64. The zero-order valence-electron chi connectivity index (χ0n) is 15.5. The largest absolute Gasteiger partial charge is 0.469 e. The highest BCUT2D eigenvalue weighted by Crippen LogP contribution is 2.18. The first-order valence-electron chi connectivity index (χ1n) is 8.67. The van der Waals surface area contributed by atoms with Crippen molar-refractivity contribution in [2.24, 2.45) is 0 Å². The Labute approximate surface area is 153 Å². The standard InChI is InChI=1S/C20H25N3O3/c1-15-18(16(2)23(22-15)17-9-5-4-6-10-17)12-13-19(24)21-14-8-7-11-20(25)26-3/h4-6,9-10,12-13H,7-8,11,14H2,1-3H3,(H,21,24)/b13-12+. The molecule has 6 heteroatoms. The molecule has 138 valence electrons. The quantitative estimate of drug-likeness (QED) is 0.449. The van der Waals surface area contributed by atoms with Crippen LogP contribution in [0, 0.1) is 13.8 Å². The molecule has 0 radical (unpaired) electrons. The number of aryl methyl sites for hydroxylation is 1. The zero-order chi connectivity index (χ0) is 18.9. The summed E-state index contributed by atoms with van der Waals surface area (Å²) in [6.07, 6.45) is 5.12. The van der Waals surface area contributed by atoms with E-state index in [0.29, 0.717) is 19.4 Å². The monoisotopic (exact) mass is 355 g/mol. The van der Waals surface area contributed by atoms with Gasteiger partial charge in [0.1, 0.15) is 0 Å². The molecule has 0 saturated heterocycles. The van der Waals surface area contributed by atoms with Gasteiger partial charge in [-0.2, -0.15) is 5.10 Å². The van der Waals surface area contributed by atoms with Gasteiger partial charge in [-0.3, -0.25) is 9.59 Å². The third kappa shape index (κ3) is 5.31. The van der Waals surface area contributed by atoms with Gasteiger partial charge in [0.15, 0.2) is 0 Å². The van der Waals surface area contributed by atoms with Crippen LogP contribution in [0.25, 0.3) is 11.8 Å². The Morgan fingerprint density at radius 1 is 1.19 bits per heavy atom. The second-order valence-electron chi connectivity index (χ2n) is 5.99. The van der Waals surface area contributed by atoms with Crippen molar-refractivity contribution in [2.45, 2.75) is 33.1 Å². The number of carbonyl (C=O) groups is 2. The number of hydrogen-bond donors (Lipinski definition) is 1. The summed E-state index contributed by atoms with van der Waals surface area (Å²) >= 11 is 0. The molecular weight excluding hydrogens is 330 g/mol. The van der Waals surface area contributed by atoms with Crippen molar-refractivity contribution in [2.75, 3.05) is 13.7 Å². The van der Waals surface area contributed by atoms with E-state index in [1.165, 1.54) is 13.2 Å². The van der Waals surface area contributed by atoms with Crippen LogP contribution in [0.5, 0.6) is 0 Å². The molecular formula is C20H25N3O3. The summed E-state index contributed by atoms with van der Waals surface area (Å²) in [5.41, 5.74) is 3.78. The Balaban J connectivity index is 1.91. The molecule has 0 aliphatic carbocycles. The van der Waals surface area contributed by atoms with Crippen molar-refractivity contribution >= 4 is 18.0 Å². The van der Waals surface area contributed by atoms with Crippen LogP contribution in [-0.4, -0.2) is 35.3 Å². The molecule has 0 bridgehead atoms. The number of methoxy groups -OCH3 is 1. The van der Waals surface area contributed by atoms with Crippen molar-refractivity contribution in [1.29, 1.82) is 0 Å². The topological polar surface area (TPSA) is 73.2 Å². The lowest BCUT2D eigenvalue weighted by Crippen LogP contribution is -2.22. The van der Waals surface area contributed by atoms with Gasteiger partial charge in [0.05, 0.1) is 18.5 Å². The highest BCUT2D eigenvalue weighted by atomic mass is 16.5. The van der Waals surface area contributed by atoms with Gasteiger partial charge in [-0.15, -0.1) is 0 Å². The minimum Gasteiger partial charge on any atom is -0.469 e. The van der Waals surface area contributed by atoms with Gasteiger partial charge < -0.3 is 10.1 Å². The van der Waals surface area contributed by atoms with Crippen LogP contribution in [-0.2, 0) is 14.3 Å². The molecule has 1 amide bonds. The summed E-state index contributed by atoms with van der Waals surface area (Å²) in [4.78, 5) is 23.0. The normalized spacial score (nSPS) is 10.9. The first-order chi connectivity index (χ1) is 12.5. The van der Waals surface area contributed by atoms with E-state index in [9.17, 15) is 9.59 Å². The Kier molecular flexibility index (Phi) is 7.14. The average molecular weight is 355 g/mol. The predicted molar refractivity (Wildman–Crippen MR) is 101 cm³/mol. The van der Waals surface area contributed by atoms with Crippen molar-refractivity contribution in [1.82, 2.24) is 15.1 Å². The summed E-state index contributed by atoms with van der Waals surface area (Å²) in [5.74, 6) is -0.382. The summed E-state index contributed by atoms with van der Waals surface area (Å²) in [6.45, 7) is 4.44. The molecule has 2 rings (SSSR count). The molecule has 1 N–H and O–H groups in total. The minimum atomic E-state index is -0.224. The van der Waals surface area contributed by atoms with E-state index >= 15 is 0 Å². The molecule has 0 fully saturated rings. The number of esters is 1. The zero-order valence-corrected chi connectivity index (χ0v) is 15.5. The van der Waals surface area contributed by atoms with E-state index in [-0.39, 0.29) is 11.9 Å². The second-order valence-corrected chi connectivity index (χ2v) is 5.99. The van der Waals surface area contributed by atoms with Crippen molar-refractivity contribution in [3.63, 3.8) is 0 Å². The van der Waals surface area contributed by atoms with E-state index < -0.39 is 0 Å². The van der Waals surface area contributed by atoms with Gasteiger partial charge in [0.25, 0.3) is 0 Å². The van der Waals surface area contributed by atoms with E-state index in [2.05, 4.69) is 15.2 Å². The number of nitrogens with zero attached hydrogens (tertiary/aromatic N) is 2. The maximum absolute atomic E-state index is 12.0. The smallest absolute Gasteiger partial charge is 0.305 e. The summed E-state index contributed by atoms with van der Waals surface area (Å²) in [6, 6.07) is 9.89. The molecule has 0 aliphatic heterocycles. The third-order valence-corrected chi connectivity index (χ3v) is 4.08. The summed E-state index contributed by atoms with van der Waals surface area (Å²) in [5, 5.41) is 7.38. The molecule has 0 saturated carbocycles. The van der Waals surface area contributed by atoms with Crippen LogP contribution >= 0.6 is 0 Å². The molecule has 0 atom stereocenters. The number of ether oxygens (including phenoxy) is 1. The highest BCUT2D eigenvalue weighted by Gasteiger charge is 2.10. The van der Waals surface area contributed by atoms with Gasteiger partial charge in [-0.1, -0.05) is 18.2 Å². The van der Waals surface area contributed by atoms with Crippen LogP contribution in [0.1, 0.15) is 36.2 Å². The Morgan fingerprint density at radius 2 is 1.92 bits per heavy atom. The van der Waals surface area contributed by atoms with Gasteiger partial charge in [0.2, 0.25) is 5.91 Å². The molecule has 1 aromatic carbocycles. The van der Waals surface area contributed by atoms with Crippen molar-refractivity contribution in [3.8, 4) is 5.69 Å². The summed E-state index contributed by atoms with van der Waals surface area (Å²) in [7, 11) is 1.37. The van der Waals surface area contributed by atoms with Crippen LogP contribution in [0.15, 0.2) is 36.4 Å². The van der Waals surface area contributed by atoms with Gasteiger partial charge in [-0.25, -0.2) is 4.68 Å². The minimum absolute atomic E-state index is 0.158. The van der Waals surface area contributed by atoms with E-state index in [0.717, 1.165) is 29.1 Å². The highest BCUT2D eigenvalue weighted by molar-refractivity contribution is 5.92. The molecule has 1 heterocycles. The molecule has 0 aliphatic rings. The molecule has 0 unspecified atom stereocenters. The first kappa shape index (κ1) is 19.4. The number of aromatic nitrogens is 2. The number of para-hydroxylation sites is 1. The number of benzene rings is 1. The Morgan fingerprint density at radius 3 is 2.62 bits per heavy atom. The van der Waals surface area contributed by atoms with Crippen LogP contribution in [0.2, 0.25) is 0 Å². The first-order valence-corrected chi connectivity index (χ1v) is 8.67. The van der Waals surface area contributed by atoms with Gasteiger partial charge >= 0.3 is 5.97 Å². The van der Waals surface area contributed by atoms with E-state index in [1.807, 2.05) is 48.9 Å². The van der Waals surface area contributed by atoms with Gasteiger partial charge in [-0.05, 0) is 44.9 Å².